The molecule has 70 heavy (non-hydrogen) atoms. The van der Waals surface area contributed by atoms with Crippen molar-refractivity contribution < 1.29 is 38.5 Å². The predicted octanol–water partition coefficient (Wildman–Crippen LogP) is 8.07. The number of pyridine rings is 1. The van der Waals surface area contributed by atoms with Crippen LogP contribution in [0.25, 0.3) is 33.3 Å². The molecule has 6 bridgehead atoms. The fourth-order valence-corrected chi connectivity index (χ4v) is 10.6. The summed E-state index contributed by atoms with van der Waals surface area (Å²) < 4.78 is 20.7. The maximum absolute atomic E-state index is 15.0. The van der Waals surface area contributed by atoms with E-state index in [2.05, 4.69) is 60.9 Å². The van der Waals surface area contributed by atoms with E-state index < -0.39 is 41.0 Å². The molecule has 14 heteroatoms. The maximum Gasteiger partial charge on any atom is 0.259 e. The second-order valence-corrected chi connectivity index (χ2v) is 20.4. The molecule has 3 amide bonds. The van der Waals surface area contributed by atoms with E-state index >= 15 is 0 Å². The number of allylic oxidation sites excluding steroid dienone is 4. The van der Waals surface area contributed by atoms with Gasteiger partial charge < -0.3 is 38.9 Å². The number of phenols is 1. The number of ether oxygens (including phenoxy) is 3. The first-order valence-electron chi connectivity index (χ1n) is 24.7. The van der Waals surface area contributed by atoms with E-state index in [1.54, 1.807) is 32.5 Å². The van der Waals surface area contributed by atoms with Gasteiger partial charge in [0.1, 0.15) is 35.8 Å². The summed E-state index contributed by atoms with van der Waals surface area (Å²) in [5, 5.41) is 16.9. The van der Waals surface area contributed by atoms with Crippen LogP contribution in [0.5, 0.6) is 5.75 Å². The van der Waals surface area contributed by atoms with Gasteiger partial charge in [-0.2, -0.15) is 0 Å². The normalized spacial score (nSPS) is 22.9. The Kier molecular flexibility index (Phi) is 16.3. The van der Waals surface area contributed by atoms with E-state index in [1.807, 2.05) is 70.2 Å². The van der Waals surface area contributed by atoms with E-state index in [4.69, 9.17) is 19.2 Å². The number of hydrogen-bond donors (Lipinski definition) is 3. The third-order valence-electron chi connectivity index (χ3n) is 14.1. The van der Waals surface area contributed by atoms with Crippen LogP contribution in [0, 0.1) is 17.3 Å². The monoisotopic (exact) mass is 957 g/mol. The Bertz CT molecular complexity index is 2650. The molecule has 7 rings (SSSR count). The van der Waals surface area contributed by atoms with Crippen LogP contribution in [0.3, 0.4) is 0 Å². The SMILES string of the molecule is C=C(/C=C\C=C/C)[C@@H]1CCO[C@H]1C(=O)N(C)[C@H](C(=O)N[C@H]1Cc2cc(O)cc(c2)-c2ccc3c(c2)c(c(-c2cccnc2[C@H](C)OC)n3CC)CC(C)(C)COCC2(C=O)CCCN(N2)C1=O)C(C)C. The molecular weight excluding hydrogens is 885 g/mol. The number of fused-ring (bicyclic) bond motifs is 6. The first kappa shape index (κ1) is 51.9. The second-order valence-electron chi connectivity index (χ2n) is 20.4. The predicted molar refractivity (Wildman–Crippen MR) is 273 cm³/mol. The number of rotatable bonds is 13. The number of likely N-dealkylation sites (N-methyl/N-ethyl adjacent to an activating group) is 1. The number of methoxy groups -OCH3 is 1. The van der Waals surface area contributed by atoms with Crippen molar-refractivity contribution in [3.05, 3.63) is 108 Å². The highest BCUT2D eigenvalue weighted by Gasteiger charge is 2.43. The van der Waals surface area contributed by atoms with Gasteiger partial charge in [0.25, 0.3) is 11.8 Å². The number of amides is 3. The molecule has 2 aromatic heterocycles. The van der Waals surface area contributed by atoms with Gasteiger partial charge in [-0.1, -0.05) is 70.7 Å². The number of nitrogens with one attached hydrogen (secondary N) is 2. The van der Waals surface area contributed by atoms with Crippen molar-refractivity contribution in [3.63, 3.8) is 0 Å². The Morgan fingerprint density at radius 3 is 2.61 bits per heavy atom. The van der Waals surface area contributed by atoms with E-state index in [1.165, 1.54) is 9.91 Å². The lowest BCUT2D eigenvalue weighted by molar-refractivity contribution is -0.150. The summed E-state index contributed by atoms with van der Waals surface area (Å²) in [6.07, 6.45) is 11.2. The van der Waals surface area contributed by atoms with Gasteiger partial charge in [0.2, 0.25) is 5.91 Å². The number of phenolic OH excluding ortho intramolecular Hbond substituents is 1. The minimum absolute atomic E-state index is 0.00636. The van der Waals surface area contributed by atoms with Gasteiger partial charge in [-0.25, -0.2) is 5.43 Å². The van der Waals surface area contributed by atoms with Gasteiger partial charge in [0.15, 0.2) is 0 Å². The molecule has 5 heterocycles. The molecule has 1 unspecified atom stereocenters. The molecule has 0 aliphatic carbocycles. The number of hydrazine groups is 1. The summed E-state index contributed by atoms with van der Waals surface area (Å²) in [6.45, 7) is 19.9. The Morgan fingerprint density at radius 2 is 1.90 bits per heavy atom. The maximum atomic E-state index is 15.0. The number of benzene rings is 2. The van der Waals surface area contributed by atoms with Gasteiger partial charge in [0, 0.05) is 68.9 Å². The summed E-state index contributed by atoms with van der Waals surface area (Å²) in [6, 6.07) is 13.5. The molecule has 2 aromatic carbocycles. The van der Waals surface area contributed by atoms with Gasteiger partial charge in [-0.15, -0.1) is 0 Å². The van der Waals surface area contributed by atoms with Gasteiger partial charge in [-0.3, -0.25) is 24.4 Å². The first-order valence-corrected chi connectivity index (χ1v) is 24.7. The van der Waals surface area contributed by atoms with Crippen molar-refractivity contribution >= 4 is 34.9 Å². The molecule has 4 aromatic rings. The van der Waals surface area contributed by atoms with Crippen LogP contribution in [0.2, 0.25) is 0 Å². The minimum Gasteiger partial charge on any atom is -0.508 e. The van der Waals surface area contributed by atoms with E-state index in [0.717, 1.165) is 56.4 Å². The number of aromatic hydroxyl groups is 1. The molecule has 2 saturated heterocycles. The largest absolute Gasteiger partial charge is 0.508 e. The summed E-state index contributed by atoms with van der Waals surface area (Å²) in [7, 11) is 3.28. The van der Waals surface area contributed by atoms with Crippen LogP contribution >= 0.6 is 0 Å². The third kappa shape index (κ3) is 11.0. The summed E-state index contributed by atoms with van der Waals surface area (Å²) >= 11 is 0. The molecule has 3 aliphatic rings. The third-order valence-corrected chi connectivity index (χ3v) is 14.1. The lowest BCUT2D eigenvalue weighted by Crippen LogP contribution is -2.66. The summed E-state index contributed by atoms with van der Waals surface area (Å²) in [5.41, 5.74) is 9.48. The minimum atomic E-state index is -1.22. The first-order chi connectivity index (χ1) is 33.4. The number of carbonyl (C=O) groups excluding carboxylic acids is 4. The standard InChI is InChI=1S/C56H72N6O8/c1-11-13-14-17-36(5)42-21-25-70-51(42)54(67)60(9)49(35(3)4)52(65)58-46-28-38-26-40(29-41(64)27-38)39-19-20-47-44(30-39)45(50(61(47)12-2)43-18-15-23-57-48(43)37(6)68-10)31-55(7,8)33-69-34-56(32-63)22-16-24-62(59-56)53(46)66/h11,13-15,17-20,23,26-27,29-30,32,35,37,42,46,49,51,59,64H,5,12,16,21-22,24-25,28,31,33-34H2,1-4,6-10H3,(H,58,65)/b13-11-,17-14-/t37-,42-,46-,49-,51+,56?/m0/s1. The second kappa shape index (κ2) is 22.0. The van der Waals surface area contributed by atoms with Crippen molar-refractivity contribution in [2.45, 2.75) is 117 Å². The number of aryl methyl sites for hydroxylation is 1. The molecule has 0 saturated carbocycles. The van der Waals surface area contributed by atoms with Crippen LogP contribution in [0.4, 0.5) is 0 Å². The highest BCUT2D eigenvalue weighted by atomic mass is 16.5. The zero-order chi connectivity index (χ0) is 50.5. The van der Waals surface area contributed by atoms with Gasteiger partial charge >= 0.3 is 0 Å². The summed E-state index contributed by atoms with van der Waals surface area (Å²) in [4.78, 5) is 63.4. The van der Waals surface area contributed by atoms with Crippen LogP contribution in [-0.4, -0.2) is 113 Å². The quantitative estimate of drug-likeness (QED) is 0.0882. The number of aldehydes is 1. The highest BCUT2D eigenvalue weighted by molar-refractivity contribution is 5.96. The number of hydrogen-bond acceptors (Lipinski definition) is 10. The molecule has 14 nitrogen and oxygen atoms in total. The zero-order valence-electron chi connectivity index (χ0n) is 42.4. The number of carbonyl (C=O) groups is 4. The van der Waals surface area contributed by atoms with E-state index in [-0.39, 0.29) is 49.2 Å². The molecule has 374 valence electrons. The van der Waals surface area contributed by atoms with E-state index in [0.29, 0.717) is 51.0 Å². The van der Waals surface area contributed by atoms with Gasteiger partial charge in [-0.05, 0) is 122 Å². The zero-order valence-corrected chi connectivity index (χ0v) is 42.4. The Labute approximate surface area is 413 Å². The molecule has 3 N–H and O–H groups in total. The Hall–Kier alpha value is -5.93. The average Bonchev–Trinajstić information content (AvgIpc) is 3.95. The van der Waals surface area contributed by atoms with Crippen LogP contribution in [-0.2, 0) is 52.8 Å². The van der Waals surface area contributed by atoms with E-state index in [9.17, 15) is 24.3 Å². The van der Waals surface area contributed by atoms with Gasteiger partial charge in [0.05, 0.1) is 30.7 Å². The topological polar surface area (TPSA) is 165 Å². The average molecular weight is 957 g/mol. The van der Waals surface area contributed by atoms with Crippen LogP contribution in [0.1, 0.15) is 90.7 Å². The van der Waals surface area contributed by atoms with Crippen molar-refractivity contribution in [1.29, 1.82) is 0 Å². The molecule has 3 aliphatic heterocycles. The highest BCUT2D eigenvalue weighted by Crippen LogP contribution is 2.42. The lowest BCUT2D eigenvalue weighted by Gasteiger charge is -2.42. The Balaban J connectivity index is 1.31. The van der Waals surface area contributed by atoms with Crippen LogP contribution in [0.15, 0.2) is 91.2 Å². The number of nitrogens with zero attached hydrogens (tertiary/aromatic N) is 4. The van der Waals surface area contributed by atoms with Crippen molar-refractivity contribution in [3.8, 4) is 28.1 Å². The van der Waals surface area contributed by atoms with Crippen molar-refractivity contribution in [2.75, 3.05) is 40.5 Å². The molecule has 0 radical (unpaired) electrons. The summed E-state index contributed by atoms with van der Waals surface area (Å²) in [5.74, 6) is -1.98. The lowest BCUT2D eigenvalue weighted by atomic mass is 9.84. The smallest absolute Gasteiger partial charge is 0.259 e. The fourth-order valence-electron chi connectivity index (χ4n) is 10.6. The van der Waals surface area contributed by atoms with Crippen LogP contribution < -0.4 is 10.7 Å². The van der Waals surface area contributed by atoms with Crippen molar-refractivity contribution in [1.82, 2.24) is 30.2 Å². The molecule has 2 fully saturated rings. The Morgan fingerprint density at radius 1 is 1.11 bits per heavy atom. The molecular formula is C56H72N6O8. The van der Waals surface area contributed by atoms with Crippen molar-refractivity contribution in [2.24, 2.45) is 17.3 Å². The number of aromatic nitrogens is 2. The fraction of sp³-hybridized carbons (Fsp3) is 0.482. The molecule has 6 atom stereocenters. The molecule has 0 spiro atoms.